The summed E-state index contributed by atoms with van der Waals surface area (Å²) in [6.45, 7) is 2.92. The first kappa shape index (κ1) is 18.8. The Labute approximate surface area is 154 Å². The third-order valence-corrected chi connectivity index (χ3v) is 4.35. The number of alkyl halides is 3. The Morgan fingerprint density at radius 3 is 2.48 bits per heavy atom. The van der Waals surface area contributed by atoms with Gasteiger partial charge >= 0.3 is 6.18 Å². The van der Waals surface area contributed by atoms with Crippen LogP contribution in [0.5, 0.6) is 5.75 Å². The van der Waals surface area contributed by atoms with E-state index in [0.717, 1.165) is 27.7 Å². The van der Waals surface area contributed by atoms with Crippen LogP contribution in [0.3, 0.4) is 0 Å². The van der Waals surface area contributed by atoms with Gasteiger partial charge in [0.2, 0.25) is 0 Å². The molecular weight excluding hydrogens is 357 g/mol. The lowest BCUT2D eigenvalue weighted by molar-refractivity contribution is -0.153. The van der Waals surface area contributed by atoms with E-state index in [4.69, 9.17) is 0 Å². The topological polar surface area (TPSA) is 54.1 Å². The molecule has 2 N–H and O–H groups in total. The van der Waals surface area contributed by atoms with Crippen molar-refractivity contribution in [2.24, 2.45) is 0 Å². The van der Waals surface area contributed by atoms with Crippen molar-refractivity contribution in [1.29, 1.82) is 0 Å². The van der Waals surface area contributed by atoms with Crippen molar-refractivity contribution < 1.29 is 22.7 Å². The molecule has 3 rings (SSSR count). The highest BCUT2D eigenvalue weighted by Crippen LogP contribution is 2.22. The zero-order chi connectivity index (χ0) is 19.6. The standard InChI is InChI=1S/C20H19F3N2O2/c1-12-13(2)25-18-8-5-15(9-17(12)18)19(26)24-10-14-3-6-16(7-4-14)27-11-20(21,22)23/h3-9,25H,10-11H2,1-2H3,(H,24,26). The Morgan fingerprint density at radius 2 is 1.81 bits per heavy atom. The number of carbonyl (C=O) groups is 1. The first-order valence-corrected chi connectivity index (χ1v) is 8.38. The molecule has 0 bridgehead atoms. The van der Waals surface area contributed by atoms with Crippen molar-refractivity contribution in [3.8, 4) is 5.75 Å². The van der Waals surface area contributed by atoms with Gasteiger partial charge in [-0.2, -0.15) is 13.2 Å². The fraction of sp³-hybridized carbons (Fsp3) is 0.250. The van der Waals surface area contributed by atoms with E-state index in [9.17, 15) is 18.0 Å². The SMILES string of the molecule is Cc1[nH]c2ccc(C(=O)NCc3ccc(OCC(F)(F)F)cc3)cc2c1C. The Balaban J connectivity index is 1.61. The molecule has 1 amide bonds. The van der Waals surface area contributed by atoms with Crippen LogP contribution in [0.15, 0.2) is 42.5 Å². The van der Waals surface area contributed by atoms with Gasteiger partial charge in [-0.05, 0) is 55.3 Å². The molecule has 2 aromatic carbocycles. The summed E-state index contributed by atoms with van der Waals surface area (Å²) in [5, 5.41) is 3.82. The zero-order valence-electron chi connectivity index (χ0n) is 14.9. The van der Waals surface area contributed by atoms with Gasteiger partial charge in [-0.3, -0.25) is 4.79 Å². The van der Waals surface area contributed by atoms with Crippen molar-refractivity contribution in [2.75, 3.05) is 6.61 Å². The second-order valence-corrected chi connectivity index (χ2v) is 6.37. The van der Waals surface area contributed by atoms with Crippen LogP contribution < -0.4 is 10.1 Å². The van der Waals surface area contributed by atoms with Gasteiger partial charge in [-0.1, -0.05) is 12.1 Å². The summed E-state index contributed by atoms with van der Waals surface area (Å²) in [4.78, 5) is 15.7. The van der Waals surface area contributed by atoms with Crippen molar-refractivity contribution in [2.45, 2.75) is 26.6 Å². The molecule has 0 aliphatic rings. The van der Waals surface area contributed by atoms with E-state index < -0.39 is 12.8 Å². The Hall–Kier alpha value is -2.96. The van der Waals surface area contributed by atoms with Crippen LogP contribution in [-0.4, -0.2) is 23.7 Å². The van der Waals surface area contributed by atoms with E-state index in [0.29, 0.717) is 5.56 Å². The van der Waals surface area contributed by atoms with E-state index >= 15 is 0 Å². The van der Waals surface area contributed by atoms with E-state index in [2.05, 4.69) is 15.0 Å². The number of hydrogen-bond donors (Lipinski definition) is 2. The summed E-state index contributed by atoms with van der Waals surface area (Å²) in [5.41, 5.74) is 4.47. The van der Waals surface area contributed by atoms with Crippen molar-refractivity contribution in [1.82, 2.24) is 10.3 Å². The average Bonchev–Trinajstić information content (AvgIpc) is 2.92. The van der Waals surface area contributed by atoms with Crippen molar-refractivity contribution in [3.05, 3.63) is 64.8 Å². The fourth-order valence-corrected chi connectivity index (χ4v) is 2.76. The van der Waals surface area contributed by atoms with E-state index in [1.54, 1.807) is 18.2 Å². The monoisotopic (exact) mass is 376 g/mol. The molecule has 0 radical (unpaired) electrons. The first-order valence-electron chi connectivity index (χ1n) is 8.38. The maximum atomic E-state index is 12.4. The highest BCUT2D eigenvalue weighted by atomic mass is 19.4. The Kier molecular flexibility index (Phi) is 5.12. The molecule has 0 unspecified atom stereocenters. The molecule has 0 spiro atoms. The molecule has 0 saturated carbocycles. The van der Waals surface area contributed by atoms with E-state index in [-0.39, 0.29) is 18.2 Å². The van der Waals surface area contributed by atoms with Gasteiger partial charge in [-0.25, -0.2) is 0 Å². The Morgan fingerprint density at radius 1 is 1.11 bits per heavy atom. The van der Waals surface area contributed by atoms with Gasteiger partial charge in [0, 0.05) is 28.7 Å². The van der Waals surface area contributed by atoms with Gasteiger partial charge in [-0.15, -0.1) is 0 Å². The van der Waals surface area contributed by atoms with Crippen molar-refractivity contribution in [3.63, 3.8) is 0 Å². The van der Waals surface area contributed by atoms with Gasteiger partial charge in [0.05, 0.1) is 0 Å². The highest BCUT2D eigenvalue weighted by molar-refractivity contribution is 5.99. The first-order chi connectivity index (χ1) is 12.7. The Bertz CT molecular complexity index is 960. The number of H-pyrrole nitrogens is 1. The maximum absolute atomic E-state index is 12.4. The second kappa shape index (κ2) is 7.34. The molecule has 142 valence electrons. The fourth-order valence-electron chi connectivity index (χ4n) is 2.76. The summed E-state index contributed by atoms with van der Waals surface area (Å²) in [7, 11) is 0. The van der Waals surface area contributed by atoms with Crippen LogP contribution in [0.25, 0.3) is 10.9 Å². The third kappa shape index (κ3) is 4.61. The molecule has 27 heavy (non-hydrogen) atoms. The minimum Gasteiger partial charge on any atom is -0.484 e. The molecular formula is C20H19F3N2O2. The number of carbonyl (C=O) groups excluding carboxylic acids is 1. The highest BCUT2D eigenvalue weighted by Gasteiger charge is 2.28. The van der Waals surface area contributed by atoms with E-state index in [1.165, 1.54) is 12.1 Å². The van der Waals surface area contributed by atoms with Gasteiger partial charge in [0.15, 0.2) is 6.61 Å². The molecule has 7 heteroatoms. The molecule has 0 aliphatic heterocycles. The number of amides is 1. The predicted octanol–water partition coefficient (Wildman–Crippen LogP) is 4.66. The summed E-state index contributed by atoms with van der Waals surface area (Å²) in [6, 6.07) is 11.6. The number of benzene rings is 2. The molecule has 3 aromatic rings. The lowest BCUT2D eigenvalue weighted by atomic mass is 10.1. The van der Waals surface area contributed by atoms with Crippen LogP contribution in [0.1, 0.15) is 27.2 Å². The van der Waals surface area contributed by atoms with Crippen LogP contribution in [-0.2, 0) is 6.54 Å². The van der Waals surface area contributed by atoms with E-state index in [1.807, 2.05) is 26.0 Å². The minimum atomic E-state index is -4.37. The summed E-state index contributed by atoms with van der Waals surface area (Å²) >= 11 is 0. The summed E-state index contributed by atoms with van der Waals surface area (Å²) in [6.07, 6.45) is -4.37. The summed E-state index contributed by atoms with van der Waals surface area (Å²) < 4.78 is 41.1. The van der Waals surface area contributed by atoms with Gasteiger partial charge in [0.1, 0.15) is 5.75 Å². The largest absolute Gasteiger partial charge is 0.484 e. The molecule has 4 nitrogen and oxygen atoms in total. The van der Waals surface area contributed by atoms with Crippen LogP contribution in [0.2, 0.25) is 0 Å². The molecule has 1 heterocycles. The number of hydrogen-bond acceptors (Lipinski definition) is 2. The smallest absolute Gasteiger partial charge is 0.422 e. The predicted molar refractivity (Wildman–Crippen MR) is 96.9 cm³/mol. The lowest BCUT2D eigenvalue weighted by Gasteiger charge is -2.10. The molecule has 0 saturated heterocycles. The number of rotatable bonds is 5. The molecule has 0 fully saturated rings. The molecule has 1 aromatic heterocycles. The van der Waals surface area contributed by atoms with Crippen LogP contribution >= 0.6 is 0 Å². The summed E-state index contributed by atoms with van der Waals surface area (Å²) in [5.74, 6) is -0.0845. The number of ether oxygens (including phenoxy) is 1. The average molecular weight is 376 g/mol. The maximum Gasteiger partial charge on any atom is 0.422 e. The van der Waals surface area contributed by atoms with Gasteiger partial charge in [0.25, 0.3) is 5.91 Å². The number of aryl methyl sites for hydroxylation is 2. The third-order valence-electron chi connectivity index (χ3n) is 4.35. The second-order valence-electron chi connectivity index (χ2n) is 6.37. The number of aromatic amines is 1. The number of nitrogens with one attached hydrogen (secondary N) is 2. The number of fused-ring (bicyclic) bond motifs is 1. The normalized spacial score (nSPS) is 11.6. The van der Waals surface area contributed by atoms with Crippen LogP contribution in [0.4, 0.5) is 13.2 Å². The van der Waals surface area contributed by atoms with Crippen LogP contribution in [0, 0.1) is 13.8 Å². The van der Waals surface area contributed by atoms with Gasteiger partial charge < -0.3 is 15.0 Å². The molecule has 0 aliphatic carbocycles. The minimum absolute atomic E-state index is 0.131. The molecule has 0 atom stereocenters. The lowest BCUT2D eigenvalue weighted by Crippen LogP contribution is -2.22. The van der Waals surface area contributed by atoms with Crippen molar-refractivity contribution >= 4 is 16.8 Å². The number of halogens is 3. The number of aromatic nitrogens is 1. The zero-order valence-corrected chi connectivity index (χ0v) is 14.9. The quantitative estimate of drug-likeness (QED) is 0.681.